The second-order valence-electron chi connectivity index (χ2n) is 14.1. The van der Waals surface area contributed by atoms with E-state index >= 15 is 0 Å². The molecule has 0 spiro atoms. The summed E-state index contributed by atoms with van der Waals surface area (Å²) >= 11 is 1.90. The lowest BCUT2D eigenvalue weighted by Gasteiger charge is -2.30. The zero-order chi connectivity index (χ0) is 34.1. The summed E-state index contributed by atoms with van der Waals surface area (Å²) in [6.45, 7) is 4.74. The highest BCUT2D eigenvalue weighted by Gasteiger charge is 2.36. The monoisotopic (exact) mass is 669 g/mol. The van der Waals surface area contributed by atoms with E-state index in [1.165, 1.54) is 81.1 Å². The highest BCUT2D eigenvalue weighted by Crippen LogP contribution is 2.53. The van der Waals surface area contributed by atoms with E-state index in [1.54, 1.807) is 0 Å². The molecule has 0 aliphatic heterocycles. The third-order valence-electron chi connectivity index (χ3n) is 10.9. The van der Waals surface area contributed by atoms with Gasteiger partial charge in [0.25, 0.3) is 0 Å². The second kappa shape index (κ2) is 11.6. The predicted octanol–water partition coefficient (Wildman–Crippen LogP) is 14.3. The van der Waals surface area contributed by atoms with E-state index in [0.29, 0.717) is 0 Å². The molecule has 0 amide bonds. The van der Waals surface area contributed by atoms with Gasteiger partial charge in [-0.05, 0) is 80.9 Å². The van der Waals surface area contributed by atoms with Gasteiger partial charge in [0.2, 0.25) is 0 Å². The van der Waals surface area contributed by atoms with Crippen LogP contribution in [-0.4, -0.2) is 0 Å². The fraction of sp³-hybridized carbons (Fsp3) is 0.0612. The Morgan fingerprint density at radius 2 is 1.04 bits per heavy atom. The van der Waals surface area contributed by atoms with Gasteiger partial charge in [0.05, 0.1) is 5.69 Å². The van der Waals surface area contributed by atoms with E-state index < -0.39 is 0 Å². The molecule has 0 unspecified atom stereocenters. The Labute approximate surface area is 302 Å². The molecule has 0 fully saturated rings. The van der Waals surface area contributed by atoms with Gasteiger partial charge in [-0.15, -0.1) is 11.3 Å². The molecule has 0 N–H and O–H groups in total. The molecule has 2 heteroatoms. The topological polar surface area (TPSA) is 3.24 Å². The van der Waals surface area contributed by atoms with Gasteiger partial charge in [0, 0.05) is 47.7 Å². The van der Waals surface area contributed by atoms with Crippen molar-refractivity contribution in [2.45, 2.75) is 19.3 Å². The molecule has 51 heavy (non-hydrogen) atoms. The summed E-state index contributed by atoms with van der Waals surface area (Å²) in [6.07, 6.45) is 0. The van der Waals surface area contributed by atoms with Crippen LogP contribution in [0.4, 0.5) is 17.1 Å². The first kappa shape index (κ1) is 29.9. The fourth-order valence-corrected chi connectivity index (χ4v) is 9.58. The number of fused-ring (bicyclic) bond motifs is 8. The summed E-state index contributed by atoms with van der Waals surface area (Å²) in [4.78, 5) is 2.51. The Hall–Kier alpha value is -5.96. The highest BCUT2D eigenvalue weighted by atomic mass is 32.1. The van der Waals surface area contributed by atoms with Crippen LogP contribution in [0, 0.1) is 0 Å². The number of thiophene rings is 1. The average Bonchev–Trinajstić information content (AvgIpc) is 3.68. The van der Waals surface area contributed by atoms with Gasteiger partial charge < -0.3 is 4.90 Å². The summed E-state index contributed by atoms with van der Waals surface area (Å²) in [5.41, 5.74) is 13.7. The quantitative estimate of drug-likeness (QED) is 0.176. The van der Waals surface area contributed by atoms with Crippen molar-refractivity contribution in [3.05, 3.63) is 187 Å². The standard InChI is InChI=1S/C49H35NS/c1-49(2)43-22-11-9-18-38(43)39-29-28-36(30-44(39)49)50(35-26-24-33(25-27-35)32-14-5-3-6-15-32)45-31-42-40-19-10-12-23-46(40)51-48(42)41-21-13-20-37(47(41)45)34-16-7-4-8-17-34/h3-31H,1-2H3. The fourth-order valence-electron chi connectivity index (χ4n) is 8.36. The molecule has 0 bridgehead atoms. The van der Waals surface area contributed by atoms with Crippen molar-refractivity contribution >= 4 is 59.3 Å². The number of hydrogen-bond acceptors (Lipinski definition) is 2. The highest BCUT2D eigenvalue weighted by molar-refractivity contribution is 7.26. The van der Waals surface area contributed by atoms with E-state index in [4.69, 9.17) is 0 Å². The predicted molar refractivity (Wildman–Crippen MR) is 220 cm³/mol. The maximum Gasteiger partial charge on any atom is 0.0553 e. The molecule has 0 atom stereocenters. The minimum absolute atomic E-state index is 0.116. The number of anilines is 3. The number of nitrogens with zero attached hydrogens (tertiary/aromatic N) is 1. The lowest BCUT2D eigenvalue weighted by Crippen LogP contribution is -2.16. The Kier molecular flexibility index (Phi) is 6.78. The van der Waals surface area contributed by atoms with Gasteiger partial charge in [-0.3, -0.25) is 0 Å². The van der Waals surface area contributed by atoms with Crippen molar-refractivity contribution in [1.82, 2.24) is 0 Å². The zero-order valence-electron chi connectivity index (χ0n) is 28.6. The molecule has 1 aromatic heterocycles. The minimum atomic E-state index is -0.116. The molecular weight excluding hydrogens is 635 g/mol. The lowest BCUT2D eigenvalue weighted by molar-refractivity contribution is 0.660. The molecular formula is C49H35NS. The first-order valence-electron chi connectivity index (χ1n) is 17.7. The third kappa shape index (κ3) is 4.67. The van der Waals surface area contributed by atoms with Crippen LogP contribution in [0.3, 0.4) is 0 Å². The molecule has 1 nitrogen and oxygen atoms in total. The van der Waals surface area contributed by atoms with Crippen LogP contribution in [0.25, 0.3) is 64.3 Å². The summed E-state index contributed by atoms with van der Waals surface area (Å²) in [7, 11) is 0. The average molecular weight is 670 g/mol. The van der Waals surface area contributed by atoms with Gasteiger partial charge >= 0.3 is 0 Å². The van der Waals surface area contributed by atoms with Crippen LogP contribution in [0.5, 0.6) is 0 Å². The molecule has 1 aliphatic carbocycles. The molecule has 0 saturated carbocycles. The van der Waals surface area contributed by atoms with Crippen molar-refractivity contribution in [3.63, 3.8) is 0 Å². The maximum absolute atomic E-state index is 2.51. The number of hydrogen-bond donors (Lipinski definition) is 0. The molecule has 9 aromatic rings. The smallest absolute Gasteiger partial charge is 0.0553 e. The van der Waals surface area contributed by atoms with Gasteiger partial charge in [-0.1, -0.05) is 153 Å². The van der Waals surface area contributed by atoms with Gasteiger partial charge in [-0.2, -0.15) is 0 Å². The van der Waals surface area contributed by atoms with E-state index in [-0.39, 0.29) is 5.41 Å². The van der Waals surface area contributed by atoms with Crippen molar-refractivity contribution in [2.75, 3.05) is 4.90 Å². The molecule has 10 rings (SSSR count). The van der Waals surface area contributed by atoms with Gasteiger partial charge in [-0.25, -0.2) is 0 Å². The minimum Gasteiger partial charge on any atom is -0.310 e. The van der Waals surface area contributed by atoms with Crippen LogP contribution in [0.15, 0.2) is 176 Å². The van der Waals surface area contributed by atoms with Crippen molar-refractivity contribution in [3.8, 4) is 33.4 Å². The van der Waals surface area contributed by atoms with Crippen LogP contribution in [-0.2, 0) is 5.41 Å². The first-order valence-corrected chi connectivity index (χ1v) is 18.5. The summed E-state index contributed by atoms with van der Waals surface area (Å²) in [5, 5.41) is 5.14. The van der Waals surface area contributed by atoms with Crippen LogP contribution >= 0.6 is 11.3 Å². The van der Waals surface area contributed by atoms with E-state index in [0.717, 1.165) is 11.4 Å². The Morgan fingerprint density at radius 3 is 1.84 bits per heavy atom. The van der Waals surface area contributed by atoms with Crippen molar-refractivity contribution in [2.24, 2.45) is 0 Å². The van der Waals surface area contributed by atoms with Crippen molar-refractivity contribution in [1.29, 1.82) is 0 Å². The molecule has 0 saturated heterocycles. The molecule has 242 valence electrons. The first-order chi connectivity index (χ1) is 25.1. The molecule has 1 heterocycles. The maximum atomic E-state index is 2.51. The lowest BCUT2D eigenvalue weighted by atomic mass is 9.82. The molecule has 1 aliphatic rings. The Bertz CT molecular complexity index is 2760. The third-order valence-corrected chi connectivity index (χ3v) is 12.1. The van der Waals surface area contributed by atoms with Gasteiger partial charge in [0.15, 0.2) is 0 Å². The van der Waals surface area contributed by atoms with Crippen LogP contribution in [0.2, 0.25) is 0 Å². The van der Waals surface area contributed by atoms with Crippen LogP contribution in [0.1, 0.15) is 25.0 Å². The van der Waals surface area contributed by atoms with Crippen LogP contribution < -0.4 is 4.90 Å². The molecule has 8 aromatic carbocycles. The Balaban J connectivity index is 1.29. The molecule has 0 radical (unpaired) electrons. The van der Waals surface area contributed by atoms with E-state index in [2.05, 4.69) is 195 Å². The zero-order valence-corrected chi connectivity index (χ0v) is 29.4. The van der Waals surface area contributed by atoms with E-state index in [9.17, 15) is 0 Å². The summed E-state index contributed by atoms with van der Waals surface area (Å²) < 4.78 is 2.64. The van der Waals surface area contributed by atoms with Crippen molar-refractivity contribution < 1.29 is 0 Å². The SMILES string of the molecule is CC1(C)c2ccccc2-c2ccc(N(c3ccc(-c4ccccc4)cc3)c3cc4c5ccccc5sc4c4cccc(-c5ccccc5)c34)cc21. The van der Waals surface area contributed by atoms with Gasteiger partial charge in [0.1, 0.15) is 0 Å². The normalized spacial score (nSPS) is 13.1. The Morgan fingerprint density at radius 1 is 0.431 bits per heavy atom. The largest absolute Gasteiger partial charge is 0.310 e. The summed E-state index contributed by atoms with van der Waals surface area (Å²) in [5.74, 6) is 0. The number of benzene rings is 8. The van der Waals surface area contributed by atoms with E-state index in [1.807, 2.05) is 11.3 Å². The second-order valence-corrected chi connectivity index (χ2v) is 15.2. The number of rotatable bonds is 5. The summed E-state index contributed by atoms with van der Waals surface area (Å²) in [6, 6.07) is 64.8.